The Morgan fingerprint density at radius 1 is 1.20 bits per heavy atom. The van der Waals surface area contributed by atoms with Crippen LogP contribution in [0.2, 0.25) is 5.02 Å². The number of halogens is 1. The molecule has 0 aliphatic heterocycles. The molecule has 1 aliphatic carbocycles. The standard InChI is InChI=1S/C19H15ClN4O/c20-13-4-1-3-12(9-13)15-10-16(15)19(25)24-22-11-14-6-7-17-18(23-14)5-2-8-21-17/h1-9,11,15-16H,10H2,(H,24,25)/b22-11-. The Morgan fingerprint density at radius 3 is 3.00 bits per heavy atom. The van der Waals surface area contributed by atoms with Gasteiger partial charge in [-0.3, -0.25) is 9.78 Å². The lowest BCUT2D eigenvalue weighted by Gasteiger charge is -2.01. The number of aromatic nitrogens is 2. The number of carbonyl (C=O) groups is 1. The summed E-state index contributed by atoms with van der Waals surface area (Å²) in [6.45, 7) is 0. The van der Waals surface area contributed by atoms with Crippen molar-refractivity contribution in [1.82, 2.24) is 15.4 Å². The van der Waals surface area contributed by atoms with E-state index in [0.717, 1.165) is 23.0 Å². The van der Waals surface area contributed by atoms with Gasteiger partial charge < -0.3 is 0 Å². The largest absolute Gasteiger partial charge is 0.273 e. The van der Waals surface area contributed by atoms with Gasteiger partial charge in [0, 0.05) is 17.1 Å². The minimum absolute atomic E-state index is 0.0515. The number of nitrogens with zero attached hydrogens (tertiary/aromatic N) is 3. The molecular formula is C19H15ClN4O. The van der Waals surface area contributed by atoms with E-state index in [4.69, 9.17) is 11.6 Å². The van der Waals surface area contributed by atoms with Crippen LogP contribution < -0.4 is 5.43 Å². The Labute approximate surface area is 149 Å². The van der Waals surface area contributed by atoms with Crippen LogP contribution in [0.1, 0.15) is 23.6 Å². The molecule has 124 valence electrons. The van der Waals surface area contributed by atoms with Gasteiger partial charge in [0.2, 0.25) is 5.91 Å². The summed E-state index contributed by atoms with van der Waals surface area (Å²) in [4.78, 5) is 20.8. The highest BCUT2D eigenvalue weighted by atomic mass is 35.5. The number of benzene rings is 1. The SMILES string of the molecule is O=C(N/N=C\c1ccc2ncccc2n1)C1CC1c1cccc(Cl)c1. The molecule has 2 atom stereocenters. The molecule has 1 N–H and O–H groups in total. The fraction of sp³-hybridized carbons (Fsp3) is 0.158. The van der Waals surface area contributed by atoms with Crippen molar-refractivity contribution < 1.29 is 4.79 Å². The number of nitrogens with one attached hydrogen (secondary N) is 1. The van der Waals surface area contributed by atoms with E-state index < -0.39 is 0 Å². The Balaban J connectivity index is 1.38. The molecule has 0 radical (unpaired) electrons. The molecule has 0 spiro atoms. The summed E-state index contributed by atoms with van der Waals surface area (Å²) in [7, 11) is 0. The molecule has 5 nitrogen and oxygen atoms in total. The number of fused-ring (bicyclic) bond motifs is 1. The summed E-state index contributed by atoms with van der Waals surface area (Å²) in [6, 6.07) is 15.1. The van der Waals surface area contributed by atoms with E-state index in [2.05, 4.69) is 20.5 Å². The maximum atomic E-state index is 12.2. The van der Waals surface area contributed by atoms with Crippen molar-refractivity contribution in [2.24, 2.45) is 11.0 Å². The smallest absolute Gasteiger partial charge is 0.243 e. The Hall–Kier alpha value is -2.79. The van der Waals surface area contributed by atoms with E-state index >= 15 is 0 Å². The van der Waals surface area contributed by atoms with Crippen molar-refractivity contribution in [2.75, 3.05) is 0 Å². The van der Waals surface area contributed by atoms with Crippen molar-refractivity contribution >= 4 is 34.8 Å². The first-order chi connectivity index (χ1) is 12.2. The van der Waals surface area contributed by atoms with Gasteiger partial charge in [-0.15, -0.1) is 0 Å². The maximum Gasteiger partial charge on any atom is 0.243 e. The third kappa shape index (κ3) is 3.51. The third-order valence-electron chi connectivity index (χ3n) is 4.25. The minimum Gasteiger partial charge on any atom is -0.273 e. The highest BCUT2D eigenvalue weighted by molar-refractivity contribution is 6.30. The van der Waals surface area contributed by atoms with Crippen molar-refractivity contribution in [3.05, 3.63) is 71.0 Å². The van der Waals surface area contributed by atoms with Crippen molar-refractivity contribution in [2.45, 2.75) is 12.3 Å². The van der Waals surface area contributed by atoms with Crippen molar-refractivity contribution in [1.29, 1.82) is 0 Å². The second-order valence-corrected chi connectivity index (χ2v) is 6.45. The highest BCUT2D eigenvalue weighted by Crippen LogP contribution is 2.47. The van der Waals surface area contributed by atoms with E-state index in [0.29, 0.717) is 10.7 Å². The first-order valence-electron chi connectivity index (χ1n) is 8.01. The summed E-state index contributed by atoms with van der Waals surface area (Å²) >= 11 is 6.00. The van der Waals surface area contributed by atoms with E-state index in [1.54, 1.807) is 12.4 Å². The molecular weight excluding hydrogens is 336 g/mol. The number of pyridine rings is 2. The zero-order valence-electron chi connectivity index (χ0n) is 13.3. The first-order valence-corrected chi connectivity index (χ1v) is 8.39. The topological polar surface area (TPSA) is 67.2 Å². The van der Waals surface area contributed by atoms with Gasteiger partial charge in [0.1, 0.15) is 0 Å². The van der Waals surface area contributed by atoms with Crippen LogP contribution in [0.4, 0.5) is 0 Å². The lowest BCUT2D eigenvalue weighted by molar-refractivity contribution is -0.122. The van der Waals surface area contributed by atoms with Crippen molar-refractivity contribution in [3.8, 4) is 0 Å². The van der Waals surface area contributed by atoms with Crippen LogP contribution in [0.15, 0.2) is 59.8 Å². The average Bonchev–Trinajstić information content (AvgIpc) is 3.42. The number of hydrogen-bond donors (Lipinski definition) is 1. The molecule has 2 heterocycles. The Kier molecular flexibility index (Phi) is 4.15. The number of hydrazone groups is 1. The number of carbonyl (C=O) groups excluding carboxylic acids is 1. The fourth-order valence-electron chi connectivity index (χ4n) is 2.88. The lowest BCUT2D eigenvalue weighted by atomic mass is 10.1. The minimum atomic E-state index is -0.0799. The van der Waals surface area contributed by atoms with Gasteiger partial charge in [-0.05, 0) is 54.3 Å². The first kappa shape index (κ1) is 15.7. The second-order valence-electron chi connectivity index (χ2n) is 6.02. The predicted molar refractivity (Wildman–Crippen MR) is 97.6 cm³/mol. The van der Waals surface area contributed by atoms with Gasteiger partial charge in [-0.2, -0.15) is 5.10 Å². The normalized spacial score (nSPS) is 19.2. The zero-order chi connectivity index (χ0) is 17.2. The Bertz CT molecular complexity index is 972. The maximum absolute atomic E-state index is 12.2. The monoisotopic (exact) mass is 350 g/mol. The van der Waals surface area contributed by atoms with E-state index in [-0.39, 0.29) is 17.7 Å². The number of hydrogen-bond acceptors (Lipinski definition) is 4. The van der Waals surface area contributed by atoms with Crippen LogP contribution in [-0.4, -0.2) is 22.1 Å². The van der Waals surface area contributed by atoms with Crippen LogP contribution in [0, 0.1) is 5.92 Å². The van der Waals surface area contributed by atoms with Gasteiger partial charge >= 0.3 is 0 Å². The molecule has 0 saturated heterocycles. The molecule has 25 heavy (non-hydrogen) atoms. The number of rotatable bonds is 4. The van der Waals surface area contributed by atoms with Gasteiger partial charge in [0.05, 0.1) is 22.9 Å². The van der Waals surface area contributed by atoms with Crippen LogP contribution in [0.3, 0.4) is 0 Å². The highest BCUT2D eigenvalue weighted by Gasteiger charge is 2.43. The zero-order valence-corrected chi connectivity index (χ0v) is 14.0. The molecule has 1 fully saturated rings. The average molecular weight is 351 g/mol. The van der Waals surface area contributed by atoms with Gasteiger partial charge in [-0.1, -0.05) is 23.7 Å². The second kappa shape index (κ2) is 6.61. The molecule has 0 bridgehead atoms. The van der Waals surface area contributed by atoms with Gasteiger partial charge in [0.15, 0.2) is 0 Å². The predicted octanol–water partition coefficient (Wildman–Crippen LogP) is 3.54. The quantitative estimate of drug-likeness (QED) is 0.578. The molecule has 1 saturated carbocycles. The lowest BCUT2D eigenvalue weighted by Crippen LogP contribution is -2.20. The molecule has 2 unspecified atom stereocenters. The molecule has 3 aromatic rings. The third-order valence-corrected chi connectivity index (χ3v) is 4.49. The van der Waals surface area contributed by atoms with Crippen molar-refractivity contribution in [3.63, 3.8) is 0 Å². The van der Waals surface area contributed by atoms with E-state index in [1.807, 2.05) is 48.5 Å². The summed E-state index contributed by atoms with van der Waals surface area (Å²) in [5, 5.41) is 4.71. The fourth-order valence-corrected chi connectivity index (χ4v) is 3.08. The molecule has 4 rings (SSSR count). The summed E-state index contributed by atoms with van der Waals surface area (Å²) in [6.07, 6.45) is 4.09. The number of amides is 1. The molecule has 1 aromatic carbocycles. The molecule has 1 amide bonds. The van der Waals surface area contributed by atoms with E-state index in [1.165, 1.54) is 0 Å². The molecule has 1 aliphatic rings. The Morgan fingerprint density at radius 2 is 2.12 bits per heavy atom. The van der Waals surface area contributed by atoms with Crippen LogP contribution in [-0.2, 0) is 4.79 Å². The summed E-state index contributed by atoms with van der Waals surface area (Å²) < 4.78 is 0. The summed E-state index contributed by atoms with van der Waals surface area (Å²) in [5.74, 6) is 0.0897. The van der Waals surface area contributed by atoms with Crippen LogP contribution in [0.5, 0.6) is 0 Å². The molecule has 2 aromatic heterocycles. The van der Waals surface area contributed by atoms with Gasteiger partial charge in [0.25, 0.3) is 0 Å². The van der Waals surface area contributed by atoms with Crippen LogP contribution in [0.25, 0.3) is 11.0 Å². The van der Waals surface area contributed by atoms with Gasteiger partial charge in [-0.25, -0.2) is 10.4 Å². The summed E-state index contributed by atoms with van der Waals surface area (Å²) in [5.41, 5.74) is 5.98. The van der Waals surface area contributed by atoms with E-state index in [9.17, 15) is 4.79 Å². The molecule has 6 heteroatoms. The van der Waals surface area contributed by atoms with Crippen LogP contribution >= 0.6 is 11.6 Å².